The van der Waals surface area contributed by atoms with Crippen LogP contribution in [0, 0.1) is 10.1 Å². The SMILES string of the molecule is CCn1c(Cc2ccccc2)nnc1SCC(=O)Nc1cccc([N+](=O)[O-])c1. The van der Waals surface area contributed by atoms with Crippen LogP contribution in [0.15, 0.2) is 59.8 Å². The van der Waals surface area contributed by atoms with Crippen molar-refractivity contribution >= 4 is 29.0 Å². The number of amides is 1. The summed E-state index contributed by atoms with van der Waals surface area (Å²) >= 11 is 1.28. The van der Waals surface area contributed by atoms with Gasteiger partial charge < -0.3 is 9.88 Å². The Bertz CT molecular complexity index is 975. The molecule has 9 heteroatoms. The molecule has 1 N–H and O–H groups in total. The topological polar surface area (TPSA) is 103 Å². The zero-order valence-corrected chi connectivity index (χ0v) is 16.1. The molecular formula is C19H19N5O3S. The van der Waals surface area contributed by atoms with Crippen molar-refractivity contribution < 1.29 is 9.72 Å². The number of rotatable bonds is 8. The van der Waals surface area contributed by atoms with Crippen LogP contribution < -0.4 is 5.32 Å². The highest BCUT2D eigenvalue weighted by Gasteiger charge is 2.14. The first kappa shape index (κ1) is 19.6. The van der Waals surface area contributed by atoms with Gasteiger partial charge in [0.25, 0.3) is 5.69 Å². The number of nitrogens with zero attached hydrogens (tertiary/aromatic N) is 4. The minimum Gasteiger partial charge on any atom is -0.325 e. The second-order valence-corrected chi connectivity index (χ2v) is 6.89. The van der Waals surface area contributed by atoms with Crippen LogP contribution in [0.25, 0.3) is 0 Å². The molecule has 2 aromatic carbocycles. The van der Waals surface area contributed by atoms with E-state index in [1.165, 1.54) is 30.0 Å². The number of thioether (sulfide) groups is 1. The van der Waals surface area contributed by atoms with E-state index in [0.29, 0.717) is 23.8 Å². The minimum absolute atomic E-state index is 0.0678. The van der Waals surface area contributed by atoms with Gasteiger partial charge in [-0.15, -0.1) is 10.2 Å². The second-order valence-electron chi connectivity index (χ2n) is 5.95. The summed E-state index contributed by atoms with van der Waals surface area (Å²) in [6, 6.07) is 15.9. The maximum absolute atomic E-state index is 12.2. The van der Waals surface area contributed by atoms with Gasteiger partial charge in [0.1, 0.15) is 5.82 Å². The molecule has 8 nitrogen and oxygen atoms in total. The lowest BCUT2D eigenvalue weighted by atomic mass is 10.1. The maximum atomic E-state index is 12.2. The summed E-state index contributed by atoms with van der Waals surface area (Å²) in [4.78, 5) is 22.5. The highest BCUT2D eigenvalue weighted by Crippen LogP contribution is 2.20. The average Bonchev–Trinajstić information content (AvgIpc) is 3.08. The molecule has 0 spiro atoms. The van der Waals surface area contributed by atoms with E-state index in [-0.39, 0.29) is 17.3 Å². The van der Waals surface area contributed by atoms with E-state index >= 15 is 0 Å². The molecule has 0 bridgehead atoms. The van der Waals surface area contributed by atoms with Gasteiger partial charge in [-0.05, 0) is 18.6 Å². The zero-order valence-electron chi connectivity index (χ0n) is 15.2. The summed E-state index contributed by atoms with van der Waals surface area (Å²) in [5.74, 6) is 0.711. The third-order valence-corrected chi connectivity index (χ3v) is 4.95. The van der Waals surface area contributed by atoms with Gasteiger partial charge in [0.2, 0.25) is 5.91 Å². The van der Waals surface area contributed by atoms with E-state index in [9.17, 15) is 14.9 Å². The number of nitro benzene ring substituents is 1. The predicted molar refractivity (Wildman–Crippen MR) is 107 cm³/mol. The first-order valence-electron chi connectivity index (χ1n) is 8.70. The molecule has 1 amide bonds. The molecule has 3 rings (SSSR count). The van der Waals surface area contributed by atoms with E-state index < -0.39 is 4.92 Å². The standard InChI is InChI=1S/C19H19N5O3S/c1-2-23-17(11-14-7-4-3-5-8-14)21-22-19(23)28-13-18(25)20-15-9-6-10-16(12-15)24(26)27/h3-10,12H,2,11,13H2,1H3,(H,20,25). The maximum Gasteiger partial charge on any atom is 0.271 e. The van der Waals surface area contributed by atoms with Crippen molar-refractivity contribution in [1.82, 2.24) is 14.8 Å². The van der Waals surface area contributed by atoms with Gasteiger partial charge in [-0.3, -0.25) is 14.9 Å². The van der Waals surface area contributed by atoms with E-state index in [1.54, 1.807) is 6.07 Å². The van der Waals surface area contributed by atoms with E-state index in [2.05, 4.69) is 15.5 Å². The number of carbonyl (C=O) groups excluding carboxylic acids is 1. The Morgan fingerprint density at radius 2 is 1.96 bits per heavy atom. The zero-order chi connectivity index (χ0) is 19.9. The van der Waals surface area contributed by atoms with Crippen molar-refractivity contribution in [3.63, 3.8) is 0 Å². The summed E-state index contributed by atoms with van der Waals surface area (Å²) < 4.78 is 1.98. The number of nitro groups is 1. The Morgan fingerprint density at radius 3 is 2.68 bits per heavy atom. The number of carbonyl (C=O) groups is 1. The fourth-order valence-corrected chi connectivity index (χ4v) is 3.50. The van der Waals surface area contributed by atoms with Crippen molar-refractivity contribution in [3.05, 3.63) is 76.1 Å². The molecule has 0 aliphatic rings. The summed E-state index contributed by atoms with van der Waals surface area (Å²) in [5.41, 5.74) is 1.47. The summed E-state index contributed by atoms with van der Waals surface area (Å²) in [6.07, 6.45) is 0.669. The summed E-state index contributed by atoms with van der Waals surface area (Å²) in [5, 5.41) is 22.6. The minimum atomic E-state index is -0.498. The van der Waals surface area contributed by atoms with Crippen LogP contribution in [0.1, 0.15) is 18.3 Å². The van der Waals surface area contributed by atoms with Crippen molar-refractivity contribution in [2.24, 2.45) is 0 Å². The third-order valence-electron chi connectivity index (χ3n) is 3.99. The monoisotopic (exact) mass is 397 g/mol. The third kappa shape index (κ3) is 4.95. The number of non-ortho nitro benzene ring substituents is 1. The fraction of sp³-hybridized carbons (Fsp3) is 0.211. The largest absolute Gasteiger partial charge is 0.325 e. The van der Waals surface area contributed by atoms with Crippen LogP contribution in [0.5, 0.6) is 0 Å². The normalized spacial score (nSPS) is 10.6. The van der Waals surface area contributed by atoms with Gasteiger partial charge in [-0.1, -0.05) is 48.2 Å². The molecule has 0 atom stereocenters. The van der Waals surface area contributed by atoms with Crippen LogP contribution >= 0.6 is 11.8 Å². The van der Waals surface area contributed by atoms with Crippen molar-refractivity contribution in [2.45, 2.75) is 25.0 Å². The van der Waals surface area contributed by atoms with Gasteiger partial charge in [0.15, 0.2) is 5.16 Å². The van der Waals surface area contributed by atoms with Crippen LogP contribution in [0.3, 0.4) is 0 Å². The molecule has 0 aliphatic carbocycles. The molecule has 0 saturated carbocycles. The lowest BCUT2D eigenvalue weighted by molar-refractivity contribution is -0.384. The van der Waals surface area contributed by atoms with E-state index in [4.69, 9.17) is 0 Å². The number of anilines is 1. The Morgan fingerprint density at radius 1 is 1.18 bits per heavy atom. The molecule has 1 aromatic heterocycles. The van der Waals surface area contributed by atoms with Gasteiger partial charge in [-0.2, -0.15) is 0 Å². The van der Waals surface area contributed by atoms with Gasteiger partial charge in [-0.25, -0.2) is 0 Å². The van der Waals surface area contributed by atoms with Crippen molar-refractivity contribution in [2.75, 3.05) is 11.1 Å². The second kappa shape index (κ2) is 9.14. The molecule has 0 unspecified atom stereocenters. The number of benzene rings is 2. The Balaban J connectivity index is 1.62. The highest BCUT2D eigenvalue weighted by atomic mass is 32.2. The number of aromatic nitrogens is 3. The number of hydrogen-bond acceptors (Lipinski definition) is 6. The van der Waals surface area contributed by atoms with Gasteiger partial charge >= 0.3 is 0 Å². The molecular weight excluding hydrogens is 378 g/mol. The van der Waals surface area contributed by atoms with Gasteiger partial charge in [0, 0.05) is 30.8 Å². The molecule has 0 aliphatic heterocycles. The molecule has 144 valence electrons. The first-order valence-corrected chi connectivity index (χ1v) is 9.68. The van der Waals surface area contributed by atoms with Crippen LogP contribution in [0.2, 0.25) is 0 Å². The average molecular weight is 397 g/mol. The smallest absolute Gasteiger partial charge is 0.271 e. The first-order chi connectivity index (χ1) is 13.6. The number of nitrogens with one attached hydrogen (secondary N) is 1. The lowest BCUT2D eigenvalue weighted by Gasteiger charge is -2.08. The van der Waals surface area contributed by atoms with Crippen LogP contribution in [-0.2, 0) is 17.8 Å². The Hall–Kier alpha value is -3.20. The molecule has 0 radical (unpaired) electrons. The van der Waals surface area contributed by atoms with Crippen molar-refractivity contribution in [1.29, 1.82) is 0 Å². The van der Waals surface area contributed by atoms with Crippen molar-refractivity contribution in [3.8, 4) is 0 Å². The molecule has 0 saturated heterocycles. The molecule has 28 heavy (non-hydrogen) atoms. The highest BCUT2D eigenvalue weighted by molar-refractivity contribution is 7.99. The van der Waals surface area contributed by atoms with Crippen LogP contribution in [0.4, 0.5) is 11.4 Å². The lowest BCUT2D eigenvalue weighted by Crippen LogP contribution is -2.15. The quantitative estimate of drug-likeness (QED) is 0.354. The molecule has 3 aromatic rings. The van der Waals surface area contributed by atoms with E-state index in [1.807, 2.05) is 41.8 Å². The fourth-order valence-electron chi connectivity index (χ4n) is 2.68. The number of hydrogen-bond donors (Lipinski definition) is 1. The van der Waals surface area contributed by atoms with E-state index in [0.717, 1.165) is 11.4 Å². The summed E-state index contributed by atoms with van der Waals surface area (Å²) in [6.45, 7) is 2.70. The Labute approximate surface area is 166 Å². The Kier molecular flexibility index (Phi) is 6.38. The predicted octanol–water partition coefficient (Wildman–Crippen LogP) is 3.53. The summed E-state index contributed by atoms with van der Waals surface area (Å²) in [7, 11) is 0. The molecule has 1 heterocycles. The van der Waals surface area contributed by atoms with Gasteiger partial charge in [0.05, 0.1) is 10.7 Å². The molecule has 0 fully saturated rings. The van der Waals surface area contributed by atoms with Crippen LogP contribution in [-0.4, -0.2) is 31.3 Å².